The van der Waals surface area contributed by atoms with Crippen LogP contribution in [0.1, 0.15) is 5.56 Å². The average molecular weight is 313 g/mol. The van der Waals surface area contributed by atoms with E-state index in [1.807, 2.05) is 6.92 Å². The first-order valence-corrected chi connectivity index (χ1v) is 7.51. The van der Waals surface area contributed by atoms with E-state index >= 15 is 0 Å². The zero-order chi connectivity index (χ0) is 14.8. The van der Waals surface area contributed by atoms with Gasteiger partial charge < -0.3 is 5.43 Å². The molecule has 8 heteroatoms. The summed E-state index contributed by atoms with van der Waals surface area (Å²) in [6.07, 6.45) is 1.37. The molecular formula is C12H13ClN4O2S. The predicted molar refractivity (Wildman–Crippen MR) is 79.0 cm³/mol. The van der Waals surface area contributed by atoms with E-state index in [0.717, 1.165) is 5.56 Å². The van der Waals surface area contributed by atoms with Gasteiger partial charge in [-0.15, -0.1) is 0 Å². The van der Waals surface area contributed by atoms with Gasteiger partial charge >= 0.3 is 0 Å². The molecule has 4 N–H and O–H groups in total. The van der Waals surface area contributed by atoms with Gasteiger partial charge in [0.1, 0.15) is 0 Å². The fraction of sp³-hybridized carbons (Fsp3) is 0.0833. The number of nitrogens with one attached hydrogen (secondary N) is 2. The molecule has 0 spiro atoms. The number of anilines is 2. The number of aryl methyl sites for hydroxylation is 1. The summed E-state index contributed by atoms with van der Waals surface area (Å²) in [5.41, 5.74) is 3.72. The van der Waals surface area contributed by atoms with Crippen molar-refractivity contribution in [3.8, 4) is 0 Å². The molecular weight excluding hydrogens is 300 g/mol. The lowest BCUT2D eigenvalue weighted by Crippen LogP contribution is -2.18. The second-order valence-electron chi connectivity index (χ2n) is 4.07. The highest BCUT2D eigenvalue weighted by atomic mass is 35.5. The number of aromatic nitrogens is 1. The normalized spacial score (nSPS) is 11.2. The maximum Gasteiger partial charge on any atom is 0.281 e. The van der Waals surface area contributed by atoms with Gasteiger partial charge in [0.15, 0.2) is 0 Å². The average Bonchev–Trinajstić information content (AvgIpc) is 2.42. The molecule has 6 nitrogen and oxygen atoms in total. The van der Waals surface area contributed by atoms with E-state index in [9.17, 15) is 8.42 Å². The molecule has 106 valence electrons. The second kappa shape index (κ2) is 5.66. The summed E-state index contributed by atoms with van der Waals surface area (Å²) in [6.45, 7) is 1.83. The van der Waals surface area contributed by atoms with Crippen LogP contribution in [0.15, 0.2) is 41.6 Å². The Hall–Kier alpha value is -1.83. The molecule has 20 heavy (non-hydrogen) atoms. The van der Waals surface area contributed by atoms with Crippen molar-refractivity contribution >= 4 is 33.0 Å². The summed E-state index contributed by atoms with van der Waals surface area (Å²) in [7, 11) is -3.85. The Morgan fingerprint density at radius 2 is 2.05 bits per heavy atom. The van der Waals surface area contributed by atoms with Gasteiger partial charge in [-0.25, -0.2) is 4.98 Å². The number of nitrogens with zero attached hydrogens (tertiary/aromatic N) is 1. The number of pyridine rings is 1. The van der Waals surface area contributed by atoms with Crippen molar-refractivity contribution < 1.29 is 8.42 Å². The third-order valence-corrected chi connectivity index (χ3v) is 4.35. The van der Waals surface area contributed by atoms with Gasteiger partial charge in [0.25, 0.3) is 10.0 Å². The minimum absolute atomic E-state index is 0.181. The first-order chi connectivity index (χ1) is 9.44. The number of benzene rings is 1. The van der Waals surface area contributed by atoms with Crippen LogP contribution in [0.25, 0.3) is 0 Å². The van der Waals surface area contributed by atoms with Crippen LogP contribution < -0.4 is 16.0 Å². The lowest BCUT2D eigenvalue weighted by Gasteiger charge is -2.11. The van der Waals surface area contributed by atoms with E-state index in [-0.39, 0.29) is 10.7 Å². The number of rotatable bonds is 4. The van der Waals surface area contributed by atoms with E-state index in [1.165, 1.54) is 18.3 Å². The lowest BCUT2D eigenvalue weighted by atomic mass is 10.2. The van der Waals surface area contributed by atoms with Crippen LogP contribution in [-0.2, 0) is 10.0 Å². The molecule has 0 aliphatic carbocycles. The van der Waals surface area contributed by atoms with Crippen molar-refractivity contribution in [3.05, 3.63) is 47.1 Å². The van der Waals surface area contributed by atoms with Gasteiger partial charge in [-0.1, -0.05) is 17.7 Å². The minimum atomic E-state index is -3.85. The summed E-state index contributed by atoms with van der Waals surface area (Å²) >= 11 is 5.96. The molecule has 0 radical (unpaired) electrons. The molecule has 1 heterocycles. The molecule has 1 aromatic carbocycles. The van der Waals surface area contributed by atoms with Crippen molar-refractivity contribution in [3.63, 3.8) is 0 Å². The Bertz CT molecular complexity index is 734. The first kappa shape index (κ1) is 14.6. The molecule has 0 unspecified atom stereocenters. The number of sulfonamides is 1. The van der Waals surface area contributed by atoms with Gasteiger partial charge in [0.2, 0.25) is 5.03 Å². The molecule has 0 bridgehead atoms. The smallest absolute Gasteiger partial charge is 0.281 e. The third-order valence-electron chi connectivity index (χ3n) is 2.61. The monoisotopic (exact) mass is 312 g/mol. The van der Waals surface area contributed by atoms with Crippen LogP contribution in [0.2, 0.25) is 5.02 Å². The number of nitrogen functional groups attached to an aromatic ring is 1. The number of hydrazine groups is 1. The van der Waals surface area contributed by atoms with Gasteiger partial charge in [-0.05, 0) is 36.8 Å². The predicted octanol–water partition coefficient (Wildman–Crippen LogP) is 2.13. The molecule has 2 rings (SSSR count). The van der Waals surface area contributed by atoms with Gasteiger partial charge in [0.05, 0.1) is 11.4 Å². The summed E-state index contributed by atoms with van der Waals surface area (Å²) in [6, 6.07) is 7.98. The van der Waals surface area contributed by atoms with Gasteiger partial charge in [0, 0.05) is 11.2 Å². The fourth-order valence-electron chi connectivity index (χ4n) is 1.57. The van der Waals surface area contributed by atoms with E-state index in [4.69, 9.17) is 17.4 Å². The topological polar surface area (TPSA) is 97.1 Å². The fourth-order valence-corrected chi connectivity index (χ4v) is 2.91. The van der Waals surface area contributed by atoms with Crippen LogP contribution in [0.4, 0.5) is 11.4 Å². The van der Waals surface area contributed by atoms with Crippen molar-refractivity contribution in [1.29, 1.82) is 0 Å². The number of hydrogen-bond donors (Lipinski definition) is 3. The van der Waals surface area contributed by atoms with Gasteiger partial charge in [-0.3, -0.25) is 10.6 Å². The molecule has 0 saturated carbocycles. The van der Waals surface area contributed by atoms with E-state index < -0.39 is 10.0 Å². The van der Waals surface area contributed by atoms with E-state index in [0.29, 0.717) is 10.7 Å². The number of hydrogen-bond acceptors (Lipinski definition) is 5. The molecule has 2 aromatic rings. The van der Waals surface area contributed by atoms with Crippen molar-refractivity contribution in [2.24, 2.45) is 5.84 Å². The molecule has 1 aromatic heterocycles. The molecule has 0 fully saturated rings. The van der Waals surface area contributed by atoms with Gasteiger partial charge in [-0.2, -0.15) is 8.42 Å². The van der Waals surface area contributed by atoms with Crippen molar-refractivity contribution in [2.75, 3.05) is 10.1 Å². The Morgan fingerprint density at radius 1 is 1.30 bits per heavy atom. The maximum atomic E-state index is 12.3. The number of halogens is 1. The Balaban J connectivity index is 2.38. The molecule has 0 saturated heterocycles. The van der Waals surface area contributed by atoms with Crippen molar-refractivity contribution in [1.82, 2.24) is 4.98 Å². The molecule has 0 amide bonds. The number of nitrogens with two attached hydrogens (primary N) is 1. The molecule has 0 aliphatic rings. The van der Waals surface area contributed by atoms with Crippen LogP contribution in [0, 0.1) is 6.92 Å². The second-order valence-corrected chi connectivity index (χ2v) is 6.07. The minimum Gasteiger partial charge on any atom is -0.321 e. The summed E-state index contributed by atoms with van der Waals surface area (Å²) in [5.74, 6) is 5.28. The first-order valence-electron chi connectivity index (χ1n) is 5.64. The Morgan fingerprint density at radius 3 is 2.70 bits per heavy atom. The molecule has 0 aliphatic heterocycles. The van der Waals surface area contributed by atoms with Crippen LogP contribution >= 0.6 is 11.6 Å². The highest BCUT2D eigenvalue weighted by Gasteiger charge is 2.20. The van der Waals surface area contributed by atoms with Crippen LogP contribution in [0.5, 0.6) is 0 Å². The SMILES string of the molecule is Cc1ccc(NS(=O)(=O)c2ncccc2NN)cc1Cl. The third kappa shape index (κ3) is 3.01. The summed E-state index contributed by atoms with van der Waals surface area (Å²) in [5, 5.41) is 0.294. The quantitative estimate of drug-likeness (QED) is 0.593. The Labute approximate surface area is 122 Å². The standard InChI is InChI=1S/C12H13ClN4O2S/c1-8-4-5-9(7-10(8)13)17-20(18,19)12-11(16-14)3-2-6-15-12/h2-7,16-17H,14H2,1H3. The Kier molecular flexibility index (Phi) is 4.12. The van der Waals surface area contributed by atoms with E-state index in [1.54, 1.807) is 18.2 Å². The highest BCUT2D eigenvalue weighted by molar-refractivity contribution is 7.92. The van der Waals surface area contributed by atoms with Crippen LogP contribution in [-0.4, -0.2) is 13.4 Å². The maximum absolute atomic E-state index is 12.3. The van der Waals surface area contributed by atoms with Crippen molar-refractivity contribution in [2.45, 2.75) is 11.9 Å². The summed E-state index contributed by atoms with van der Waals surface area (Å²) < 4.78 is 26.9. The van der Waals surface area contributed by atoms with E-state index in [2.05, 4.69) is 15.1 Å². The summed E-state index contributed by atoms with van der Waals surface area (Å²) in [4.78, 5) is 3.83. The molecule has 0 atom stereocenters. The highest BCUT2D eigenvalue weighted by Crippen LogP contribution is 2.24. The largest absolute Gasteiger partial charge is 0.321 e. The lowest BCUT2D eigenvalue weighted by molar-refractivity contribution is 0.598. The van der Waals surface area contributed by atoms with Crippen LogP contribution in [0.3, 0.4) is 0 Å². The zero-order valence-corrected chi connectivity index (χ0v) is 12.2. The zero-order valence-electron chi connectivity index (χ0n) is 10.6.